The molecule has 0 atom stereocenters. The topological polar surface area (TPSA) is 80.7 Å². The van der Waals surface area contributed by atoms with Crippen molar-refractivity contribution in [1.82, 2.24) is 19.9 Å². The van der Waals surface area contributed by atoms with E-state index in [1.54, 1.807) is 12.4 Å². The van der Waals surface area contributed by atoms with Crippen molar-refractivity contribution < 1.29 is 18.7 Å². The van der Waals surface area contributed by atoms with Gasteiger partial charge in [0.25, 0.3) is 5.88 Å². The molecule has 2 aromatic rings. The summed E-state index contributed by atoms with van der Waals surface area (Å²) in [7, 11) is 1.37. The van der Waals surface area contributed by atoms with Gasteiger partial charge in [-0.2, -0.15) is 9.37 Å². The van der Waals surface area contributed by atoms with Gasteiger partial charge in [0.05, 0.1) is 26.4 Å². The Morgan fingerprint density at radius 2 is 2.11 bits per heavy atom. The van der Waals surface area contributed by atoms with Crippen LogP contribution in [0.2, 0.25) is 0 Å². The largest absolute Gasteiger partial charge is 0.491 e. The highest BCUT2D eigenvalue weighted by Crippen LogP contribution is 2.27. The molecule has 28 heavy (non-hydrogen) atoms. The van der Waals surface area contributed by atoms with Crippen LogP contribution in [0.4, 0.5) is 10.3 Å². The lowest BCUT2D eigenvalue weighted by Crippen LogP contribution is -2.43. The van der Waals surface area contributed by atoms with Crippen molar-refractivity contribution in [3.8, 4) is 11.6 Å². The van der Waals surface area contributed by atoms with Crippen LogP contribution < -0.4 is 14.4 Å². The molecule has 148 valence electrons. The first-order chi connectivity index (χ1) is 13.7. The van der Waals surface area contributed by atoms with Crippen LogP contribution in [0.3, 0.4) is 0 Å². The molecule has 9 heteroatoms. The van der Waals surface area contributed by atoms with E-state index in [1.165, 1.54) is 7.11 Å². The minimum Gasteiger partial charge on any atom is -0.491 e. The standard InChI is InChI=1S/C19H22FN5O3/c1-27-17-15(20)11-22-19(23-17)24-6-3-13(4-7-24)18(26)25-8-9-28-16-2-5-21-10-14(16)12-25/h2,5,10-11,13H,3-4,6-9,12H2,1H3. The minimum atomic E-state index is -0.588. The Morgan fingerprint density at radius 1 is 1.29 bits per heavy atom. The summed E-state index contributed by atoms with van der Waals surface area (Å²) in [6.07, 6.45) is 5.95. The first-order valence-electron chi connectivity index (χ1n) is 9.31. The number of carbonyl (C=O) groups excluding carboxylic acids is 1. The van der Waals surface area contributed by atoms with E-state index in [0.717, 1.165) is 17.5 Å². The third kappa shape index (κ3) is 3.69. The first kappa shape index (κ1) is 18.4. The molecule has 2 aliphatic rings. The lowest BCUT2D eigenvalue weighted by Gasteiger charge is -2.33. The molecule has 2 aromatic heterocycles. The molecular formula is C19H22FN5O3. The monoisotopic (exact) mass is 387 g/mol. The van der Waals surface area contributed by atoms with E-state index in [-0.39, 0.29) is 17.7 Å². The van der Waals surface area contributed by atoms with Gasteiger partial charge < -0.3 is 19.3 Å². The normalized spacial score (nSPS) is 17.5. The summed E-state index contributed by atoms with van der Waals surface area (Å²) in [4.78, 5) is 29.1. The van der Waals surface area contributed by atoms with Crippen molar-refractivity contribution in [3.63, 3.8) is 0 Å². The van der Waals surface area contributed by atoms with Gasteiger partial charge in [-0.15, -0.1) is 0 Å². The maximum absolute atomic E-state index is 13.5. The second-order valence-electron chi connectivity index (χ2n) is 6.88. The van der Waals surface area contributed by atoms with Crippen molar-refractivity contribution in [3.05, 3.63) is 36.0 Å². The smallest absolute Gasteiger partial charge is 0.255 e. The zero-order valence-corrected chi connectivity index (χ0v) is 15.7. The molecule has 2 aliphatic heterocycles. The third-order valence-electron chi connectivity index (χ3n) is 5.17. The summed E-state index contributed by atoms with van der Waals surface area (Å²) in [6, 6.07) is 1.83. The van der Waals surface area contributed by atoms with Gasteiger partial charge in [0.15, 0.2) is 0 Å². The summed E-state index contributed by atoms with van der Waals surface area (Å²) in [5.41, 5.74) is 0.928. The first-order valence-corrected chi connectivity index (χ1v) is 9.31. The highest BCUT2D eigenvalue weighted by atomic mass is 19.1. The fraction of sp³-hybridized carbons (Fsp3) is 0.474. The minimum absolute atomic E-state index is 0.0585. The molecule has 1 fully saturated rings. The van der Waals surface area contributed by atoms with Crippen LogP contribution in [0.15, 0.2) is 24.7 Å². The quantitative estimate of drug-likeness (QED) is 0.792. The molecular weight excluding hydrogens is 365 g/mol. The average molecular weight is 387 g/mol. The van der Waals surface area contributed by atoms with Crippen LogP contribution in [0.1, 0.15) is 18.4 Å². The Morgan fingerprint density at radius 3 is 2.89 bits per heavy atom. The van der Waals surface area contributed by atoms with E-state index in [9.17, 15) is 9.18 Å². The van der Waals surface area contributed by atoms with E-state index in [1.807, 2.05) is 15.9 Å². The fourth-order valence-electron chi connectivity index (χ4n) is 3.64. The highest BCUT2D eigenvalue weighted by Gasteiger charge is 2.31. The van der Waals surface area contributed by atoms with Gasteiger partial charge in [-0.3, -0.25) is 9.78 Å². The number of amides is 1. The molecule has 0 saturated carbocycles. The number of carbonyl (C=O) groups is 1. The lowest BCUT2D eigenvalue weighted by atomic mass is 9.95. The Balaban J connectivity index is 1.39. The number of fused-ring (bicyclic) bond motifs is 1. The predicted molar refractivity (Wildman–Crippen MR) is 98.6 cm³/mol. The van der Waals surface area contributed by atoms with Gasteiger partial charge in [-0.1, -0.05) is 0 Å². The summed E-state index contributed by atoms with van der Waals surface area (Å²) in [6.45, 7) is 2.82. The van der Waals surface area contributed by atoms with E-state index in [4.69, 9.17) is 9.47 Å². The number of aromatic nitrogens is 3. The molecule has 1 amide bonds. The highest BCUT2D eigenvalue weighted by molar-refractivity contribution is 5.79. The maximum atomic E-state index is 13.5. The van der Waals surface area contributed by atoms with Crippen LogP contribution in [0.5, 0.6) is 11.6 Å². The second kappa shape index (κ2) is 7.95. The molecule has 0 radical (unpaired) electrons. The molecule has 1 saturated heterocycles. The predicted octanol–water partition coefficient (Wildman–Crippen LogP) is 1.66. The molecule has 0 spiro atoms. The van der Waals surface area contributed by atoms with E-state index < -0.39 is 5.82 Å². The van der Waals surface area contributed by atoms with Crippen LogP contribution in [-0.4, -0.2) is 59.1 Å². The Bertz CT molecular complexity index is 857. The van der Waals surface area contributed by atoms with E-state index >= 15 is 0 Å². The van der Waals surface area contributed by atoms with Crippen LogP contribution in [0, 0.1) is 11.7 Å². The molecule has 0 aliphatic carbocycles. The number of piperidine rings is 1. The van der Waals surface area contributed by atoms with Crippen LogP contribution in [0.25, 0.3) is 0 Å². The fourth-order valence-corrected chi connectivity index (χ4v) is 3.64. The van der Waals surface area contributed by atoms with Crippen molar-refractivity contribution in [2.75, 3.05) is 38.3 Å². The van der Waals surface area contributed by atoms with Crippen molar-refractivity contribution in [1.29, 1.82) is 0 Å². The van der Waals surface area contributed by atoms with Crippen LogP contribution in [-0.2, 0) is 11.3 Å². The summed E-state index contributed by atoms with van der Waals surface area (Å²) in [5.74, 6) is 0.638. The van der Waals surface area contributed by atoms with Gasteiger partial charge in [0, 0.05) is 37.0 Å². The van der Waals surface area contributed by atoms with Gasteiger partial charge in [0.1, 0.15) is 12.4 Å². The molecule has 8 nitrogen and oxygen atoms in total. The zero-order chi connectivity index (χ0) is 19.5. The summed E-state index contributed by atoms with van der Waals surface area (Å²) >= 11 is 0. The van der Waals surface area contributed by atoms with Gasteiger partial charge in [-0.05, 0) is 18.9 Å². The second-order valence-corrected chi connectivity index (χ2v) is 6.88. The molecule has 4 heterocycles. The zero-order valence-electron chi connectivity index (χ0n) is 15.7. The SMILES string of the molecule is COc1nc(N2CCC(C(=O)N3CCOc4ccncc4C3)CC2)ncc1F. The number of methoxy groups -OCH3 is 1. The molecule has 0 bridgehead atoms. The van der Waals surface area contributed by atoms with Crippen molar-refractivity contribution in [2.24, 2.45) is 5.92 Å². The van der Waals surface area contributed by atoms with Crippen molar-refractivity contribution >= 4 is 11.9 Å². The number of hydrogen-bond donors (Lipinski definition) is 0. The van der Waals surface area contributed by atoms with E-state index in [0.29, 0.717) is 51.6 Å². The molecule has 4 rings (SSSR count). The molecule has 0 aromatic carbocycles. The van der Waals surface area contributed by atoms with Gasteiger partial charge in [-0.25, -0.2) is 4.98 Å². The van der Waals surface area contributed by atoms with E-state index in [2.05, 4.69) is 15.0 Å². The van der Waals surface area contributed by atoms with Crippen molar-refractivity contribution in [2.45, 2.75) is 19.4 Å². The van der Waals surface area contributed by atoms with Gasteiger partial charge >= 0.3 is 0 Å². The molecule has 0 N–H and O–H groups in total. The third-order valence-corrected chi connectivity index (χ3v) is 5.17. The Labute approximate surface area is 162 Å². The number of ether oxygens (including phenoxy) is 2. The Kier molecular flexibility index (Phi) is 5.23. The number of pyridine rings is 1. The molecule has 0 unspecified atom stereocenters. The van der Waals surface area contributed by atoms with Crippen LogP contribution >= 0.6 is 0 Å². The number of nitrogens with zero attached hydrogens (tertiary/aromatic N) is 5. The number of hydrogen-bond acceptors (Lipinski definition) is 7. The maximum Gasteiger partial charge on any atom is 0.255 e. The average Bonchev–Trinajstić information content (AvgIpc) is 2.96. The van der Waals surface area contributed by atoms with Gasteiger partial charge in [0.2, 0.25) is 17.7 Å². The summed E-state index contributed by atoms with van der Waals surface area (Å²) in [5, 5.41) is 0. The number of halogens is 1. The number of rotatable bonds is 3. The number of anilines is 1. The summed E-state index contributed by atoms with van der Waals surface area (Å²) < 4.78 is 24.2. The Hall–Kier alpha value is -2.97. The lowest BCUT2D eigenvalue weighted by molar-refractivity contribution is -0.137.